The molecule has 0 amide bonds. The third-order valence-electron chi connectivity index (χ3n) is 2.58. The van der Waals surface area contributed by atoms with Gasteiger partial charge < -0.3 is 5.21 Å². The highest BCUT2D eigenvalue weighted by Gasteiger charge is 2.12. The molecule has 1 heterocycles. The molecule has 1 N–H and O–H groups in total. The molecule has 82 valence electrons. The van der Waals surface area contributed by atoms with Crippen LogP contribution in [0.5, 0.6) is 0 Å². The van der Waals surface area contributed by atoms with E-state index in [9.17, 15) is 0 Å². The monoisotopic (exact) mass is 206 g/mol. The summed E-state index contributed by atoms with van der Waals surface area (Å²) in [7, 11) is 0. The van der Waals surface area contributed by atoms with E-state index in [1.807, 2.05) is 12.1 Å². The molecule has 1 unspecified atom stereocenters. The van der Waals surface area contributed by atoms with Gasteiger partial charge in [0.05, 0.1) is 11.9 Å². The lowest BCUT2D eigenvalue weighted by Gasteiger charge is -2.14. The third kappa shape index (κ3) is 3.05. The van der Waals surface area contributed by atoms with Crippen molar-refractivity contribution in [3.05, 3.63) is 29.6 Å². The standard InChI is InChI=1S/C12H18N2O/c1-3-6-10(4-2)12-11(9-14-15)7-5-8-13-12/h5,7-10,15H,3-4,6H2,1-2H3/b14-9+. The quantitative estimate of drug-likeness (QED) is 0.457. The van der Waals surface area contributed by atoms with Crippen molar-refractivity contribution in [1.29, 1.82) is 0 Å². The lowest BCUT2D eigenvalue weighted by molar-refractivity contribution is 0.321. The molecule has 0 radical (unpaired) electrons. The van der Waals surface area contributed by atoms with Crippen LogP contribution in [-0.4, -0.2) is 16.4 Å². The summed E-state index contributed by atoms with van der Waals surface area (Å²) in [4.78, 5) is 4.38. The Labute approximate surface area is 90.8 Å². The summed E-state index contributed by atoms with van der Waals surface area (Å²) in [6.07, 6.45) is 6.59. The van der Waals surface area contributed by atoms with Crippen molar-refractivity contribution in [2.45, 2.75) is 39.0 Å². The molecule has 15 heavy (non-hydrogen) atoms. The summed E-state index contributed by atoms with van der Waals surface area (Å²) < 4.78 is 0. The molecule has 0 fully saturated rings. The summed E-state index contributed by atoms with van der Waals surface area (Å²) in [5, 5.41) is 11.6. The van der Waals surface area contributed by atoms with Crippen LogP contribution in [-0.2, 0) is 0 Å². The van der Waals surface area contributed by atoms with Gasteiger partial charge in [-0.05, 0) is 25.0 Å². The van der Waals surface area contributed by atoms with Crippen LogP contribution in [0.2, 0.25) is 0 Å². The second-order valence-corrected chi connectivity index (χ2v) is 3.62. The number of aromatic nitrogens is 1. The summed E-state index contributed by atoms with van der Waals surface area (Å²) in [6, 6.07) is 3.79. The molecule has 1 atom stereocenters. The number of nitrogens with zero attached hydrogens (tertiary/aromatic N) is 2. The molecule has 0 aliphatic carbocycles. The van der Waals surface area contributed by atoms with E-state index in [4.69, 9.17) is 5.21 Å². The van der Waals surface area contributed by atoms with Crippen LogP contribution in [0.4, 0.5) is 0 Å². The summed E-state index contributed by atoms with van der Waals surface area (Å²) in [6.45, 7) is 4.33. The summed E-state index contributed by atoms with van der Waals surface area (Å²) in [5.41, 5.74) is 1.96. The molecule has 0 bridgehead atoms. The van der Waals surface area contributed by atoms with Crippen molar-refractivity contribution >= 4 is 6.21 Å². The first-order chi connectivity index (χ1) is 7.33. The SMILES string of the molecule is CCCC(CC)c1ncccc1/C=N/O. The highest BCUT2D eigenvalue weighted by Crippen LogP contribution is 2.24. The zero-order chi connectivity index (χ0) is 11.1. The fraction of sp³-hybridized carbons (Fsp3) is 0.500. The summed E-state index contributed by atoms with van der Waals surface area (Å²) in [5.74, 6) is 0.462. The number of oxime groups is 1. The molecule has 3 nitrogen and oxygen atoms in total. The van der Waals surface area contributed by atoms with Gasteiger partial charge in [-0.1, -0.05) is 25.4 Å². The van der Waals surface area contributed by atoms with Gasteiger partial charge in [-0.25, -0.2) is 0 Å². The molecule has 0 spiro atoms. The fourth-order valence-corrected chi connectivity index (χ4v) is 1.83. The maximum atomic E-state index is 8.57. The Balaban J connectivity index is 2.99. The average Bonchev–Trinajstić information content (AvgIpc) is 2.27. The van der Waals surface area contributed by atoms with Crippen LogP contribution in [0.15, 0.2) is 23.5 Å². The van der Waals surface area contributed by atoms with Gasteiger partial charge in [-0.3, -0.25) is 4.98 Å². The third-order valence-corrected chi connectivity index (χ3v) is 2.58. The Bertz CT molecular complexity index is 323. The van der Waals surface area contributed by atoms with Crippen molar-refractivity contribution in [1.82, 2.24) is 4.98 Å². The Kier molecular flexibility index (Phi) is 4.81. The van der Waals surface area contributed by atoms with E-state index in [1.165, 1.54) is 6.21 Å². The highest BCUT2D eigenvalue weighted by molar-refractivity contribution is 5.80. The minimum Gasteiger partial charge on any atom is -0.411 e. The van der Waals surface area contributed by atoms with Crippen molar-refractivity contribution in [3.63, 3.8) is 0 Å². The Morgan fingerprint density at radius 2 is 2.33 bits per heavy atom. The molecule has 0 aromatic carbocycles. The summed E-state index contributed by atoms with van der Waals surface area (Å²) >= 11 is 0. The largest absolute Gasteiger partial charge is 0.411 e. The first kappa shape index (κ1) is 11.7. The number of pyridine rings is 1. The normalized spacial score (nSPS) is 13.2. The van der Waals surface area contributed by atoms with Crippen LogP contribution in [0.3, 0.4) is 0 Å². The van der Waals surface area contributed by atoms with Crippen LogP contribution >= 0.6 is 0 Å². The smallest absolute Gasteiger partial charge is 0.0752 e. The highest BCUT2D eigenvalue weighted by atomic mass is 16.4. The van der Waals surface area contributed by atoms with Crippen LogP contribution in [0.25, 0.3) is 0 Å². The topological polar surface area (TPSA) is 45.5 Å². The predicted octanol–water partition coefficient (Wildman–Crippen LogP) is 3.18. The number of hydrogen-bond acceptors (Lipinski definition) is 3. The van der Waals surface area contributed by atoms with Gasteiger partial charge in [0.1, 0.15) is 0 Å². The first-order valence-corrected chi connectivity index (χ1v) is 5.45. The van der Waals surface area contributed by atoms with Crippen molar-refractivity contribution in [3.8, 4) is 0 Å². The Hall–Kier alpha value is -1.38. The van der Waals surface area contributed by atoms with Gasteiger partial charge in [0.15, 0.2) is 0 Å². The molecule has 3 heteroatoms. The molecule has 0 saturated carbocycles. The van der Waals surface area contributed by atoms with E-state index in [0.717, 1.165) is 30.5 Å². The second kappa shape index (κ2) is 6.17. The maximum absolute atomic E-state index is 8.57. The number of rotatable bonds is 5. The van der Waals surface area contributed by atoms with Gasteiger partial charge in [-0.2, -0.15) is 0 Å². The van der Waals surface area contributed by atoms with Crippen LogP contribution in [0, 0.1) is 0 Å². The van der Waals surface area contributed by atoms with E-state index >= 15 is 0 Å². The molecule has 1 aromatic heterocycles. The minimum absolute atomic E-state index is 0.462. The van der Waals surface area contributed by atoms with Crippen LogP contribution < -0.4 is 0 Å². The van der Waals surface area contributed by atoms with E-state index in [2.05, 4.69) is 24.0 Å². The van der Waals surface area contributed by atoms with Gasteiger partial charge in [0, 0.05) is 17.7 Å². The molecule has 0 saturated heterocycles. The van der Waals surface area contributed by atoms with Crippen LogP contribution in [0.1, 0.15) is 50.3 Å². The van der Waals surface area contributed by atoms with Gasteiger partial charge in [0.2, 0.25) is 0 Å². The van der Waals surface area contributed by atoms with E-state index < -0.39 is 0 Å². The lowest BCUT2D eigenvalue weighted by atomic mass is 9.93. The van der Waals surface area contributed by atoms with E-state index in [-0.39, 0.29) is 0 Å². The maximum Gasteiger partial charge on any atom is 0.0752 e. The first-order valence-electron chi connectivity index (χ1n) is 5.45. The molecule has 1 rings (SSSR count). The molecular formula is C12H18N2O. The zero-order valence-electron chi connectivity index (χ0n) is 9.35. The Morgan fingerprint density at radius 1 is 1.53 bits per heavy atom. The second-order valence-electron chi connectivity index (χ2n) is 3.62. The molecular weight excluding hydrogens is 188 g/mol. The molecule has 0 aliphatic rings. The molecule has 1 aromatic rings. The van der Waals surface area contributed by atoms with E-state index in [0.29, 0.717) is 5.92 Å². The molecule has 0 aliphatic heterocycles. The lowest BCUT2D eigenvalue weighted by Crippen LogP contribution is -2.04. The fourth-order valence-electron chi connectivity index (χ4n) is 1.83. The van der Waals surface area contributed by atoms with Gasteiger partial charge in [0.25, 0.3) is 0 Å². The van der Waals surface area contributed by atoms with E-state index in [1.54, 1.807) is 6.20 Å². The van der Waals surface area contributed by atoms with Crippen molar-refractivity contribution in [2.24, 2.45) is 5.16 Å². The zero-order valence-corrected chi connectivity index (χ0v) is 9.35. The number of hydrogen-bond donors (Lipinski definition) is 1. The van der Waals surface area contributed by atoms with Gasteiger partial charge >= 0.3 is 0 Å². The Morgan fingerprint density at radius 3 is 2.93 bits per heavy atom. The minimum atomic E-state index is 0.462. The average molecular weight is 206 g/mol. The van der Waals surface area contributed by atoms with Crippen molar-refractivity contribution < 1.29 is 5.21 Å². The predicted molar refractivity (Wildman–Crippen MR) is 61.6 cm³/mol. The van der Waals surface area contributed by atoms with Gasteiger partial charge in [-0.15, -0.1) is 0 Å². The van der Waals surface area contributed by atoms with Crippen molar-refractivity contribution in [2.75, 3.05) is 0 Å².